The van der Waals surface area contributed by atoms with Gasteiger partial charge in [-0.1, -0.05) is 0 Å². The number of hydrogen-bond donors (Lipinski definition) is 5. The molecule has 5 atom stereocenters. The monoisotopic (exact) mass is 288 g/mol. The van der Waals surface area contributed by atoms with Crippen LogP contribution in [0.5, 0.6) is 0 Å². The molecule has 1 heterocycles. The molecule has 118 valence electrons. The van der Waals surface area contributed by atoms with E-state index in [1.54, 1.807) is 0 Å². The molecule has 7 N–H and O–H groups in total. The van der Waals surface area contributed by atoms with E-state index in [9.17, 15) is 0 Å². The van der Waals surface area contributed by atoms with E-state index in [-0.39, 0.29) is 31.1 Å². The van der Waals surface area contributed by atoms with E-state index >= 15 is 0 Å². The topological polar surface area (TPSA) is 115 Å². The van der Waals surface area contributed by atoms with Crippen molar-refractivity contribution in [1.82, 2.24) is 10.9 Å². The van der Waals surface area contributed by atoms with Gasteiger partial charge in [-0.3, -0.25) is 10.9 Å². The highest BCUT2D eigenvalue weighted by Crippen LogP contribution is 2.27. The van der Waals surface area contributed by atoms with E-state index < -0.39 is 0 Å². The Bertz CT molecular complexity index is 282. The SMILES string of the molecule is NCCNNC1CC(N)CC(OC2CCC(CO)O2)C1. The Morgan fingerprint density at radius 1 is 1.25 bits per heavy atom. The third-order valence-corrected chi connectivity index (χ3v) is 3.89. The zero-order valence-electron chi connectivity index (χ0n) is 12.0. The lowest BCUT2D eigenvalue weighted by Crippen LogP contribution is -2.51. The van der Waals surface area contributed by atoms with Crippen molar-refractivity contribution in [1.29, 1.82) is 0 Å². The summed E-state index contributed by atoms with van der Waals surface area (Å²) in [5.41, 5.74) is 17.9. The lowest BCUT2D eigenvalue weighted by atomic mass is 9.89. The third-order valence-electron chi connectivity index (χ3n) is 3.89. The first-order valence-electron chi connectivity index (χ1n) is 7.57. The highest BCUT2D eigenvalue weighted by molar-refractivity contribution is 4.85. The van der Waals surface area contributed by atoms with E-state index in [0.29, 0.717) is 12.6 Å². The van der Waals surface area contributed by atoms with Gasteiger partial charge < -0.3 is 26.0 Å². The number of nitrogens with one attached hydrogen (secondary N) is 2. The third kappa shape index (κ3) is 4.92. The molecule has 2 aliphatic rings. The molecule has 5 unspecified atom stereocenters. The number of rotatable bonds is 7. The Kier molecular flexibility index (Phi) is 6.63. The van der Waals surface area contributed by atoms with Gasteiger partial charge in [0.05, 0.1) is 18.8 Å². The molecule has 2 fully saturated rings. The molecule has 0 bridgehead atoms. The molecule has 1 saturated carbocycles. The molecular weight excluding hydrogens is 260 g/mol. The maximum Gasteiger partial charge on any atom is 0.158 e. The fourth-order valence-electron chi connectivity index (χ4n) is 2.95. The predicted octanol–water partition coefficient (Wildman–Crippen LogP) is -1.20. The zero-order chi connectivity index (χ0) is 14.4. The minimum atomic E-state index is -0.194. The summed E-state index contributed by atoms with van der Waals surface area (Å²) in [6, 6.07) is 0.436. The molecule has 1 aliphatic carbocycles. The Morgan fingerprint density at radius 2 is 2.10 bits per heavy atom. The summed E-state index contributed by atoms with van der Waals surface area (Å²) in [7, 11) is 0. The normalized spacial score (nSPS) is 38.2. The fourth-order valence-corrected chi connectivity index (χ4v) is 2.95. The van der Waals surface area contributed by atoms with Crippen LogP contribution >= 0.6 is 0 Å². The Labute approximate surface area is 120 Å². The second kappa shape index (κ2) is 8.23. The molecule has 0 radical (unpaired) electrons. The average Bonchev–Trinajstić information content (AvgIpc) is 2.86. The van der Waals surface area contributed by atoms with Crippen molar-refractivity contribution in [3.63, 3.8) is 0 Å². The summed E-state index contributed by atoms with van der Waals surface area (Å²) in [6.07, 6.45) is 4.26. The van der Waals surface area contributed by atoms with Gasteiger partial charge >= 0.3 is 0 Å². The van der Waals surface area contributed by atoms with Crippen molar-refractivity contribution < 1.29 is 14.6 Å². The molecule has 2 rings (SSSR count). The van der Waals surface area contributed by atoms with E-state index in [0.717, 1.165) is 38.6 Å². The Balaban J connectivity index is 1.73. The summed E-state index contributed by atoms with van der Waals surface area (Å²) in [4.78, 5) is 0. The molecule has 0 aromatic heterocycles. The van der Waals surface area contributed by atoms with Crippen LogP contribution in [0.25, 0.3) is 0 Å². The molecule has 0 aromatic rings. The van der Waals surface area contributed by atoms with Crippen LogP contribution in [-0.4, -0.2) is 55.4 Å². The van der Waals surface area contributed by atoms with Crippen LogP contribution in [0.1, 0.15) is 32.1 Å². The van der Waals surface area contributed by atoms with Gasteiger partial charge in [0.15, 0.2) is 6.29 Å². The van der Waals surface area contributed by atoms with Gasteiger partial charge in [0.25, 0.3) is 0 Å². The van der Waals surface area contributed by atoms with Crippen LogP contribution in [0.4, 0.5) is 0 Å². The van der Waals surface area contributed by atoms with E-state index in [2.05, 4.69) is 10.9 Å². The van der Waals surface area contributed by atoms with E-state index in [1.165, 1.54) is 0 Å². The van der Waals surface area contributed by atoms with Crippen LogP contribution in [0.3, 0.4) is 0 Å². The number of ether oxygens (including phenoxy) is 2. The van der Waals surface area contributed by atoms with Gasteiger partial charge in [-0.05, 0) is 25.7 Å². The standard InChI is InChI=1S/C13H28N4O3/c14-3-4-16-17-10-5-9(15)6-12(7-10)20-13-2-1-11(8-18)19-13/h9-13,16-18H,1-8,14-15H2. The smallest absolute Gasteiger partial charge is 0.158 e. The van der Waals surface area contributed by atoms with Crippen molar-refractivity contribution in [2.75, 3.05) is 19.7 Å². The van der Waals surface area contributed by atoms with Crippen molar-refractivity contribution in [2.45, 2.75) is 62.7 Å². The highest BCUT2D eigenvalue weighted by atomic mass is 16.7. The first kappa shape index (κ1) is 16.1. The molecule has 7 heteroatoms. The van der Waals surface area contributed by atoms with Crippen LogP contribution in [0.2, 0.25) is 0 Å². The summed E-state index contributed by atoms with van der Waals surface area (Å²) in [6.45, 7) is 1.41. The molecule has 20 heavy (non-hydrogen) atoms. The molecule has 7 nitrogen and oxygen atoms in total. The van der Waals surface area contributed by atoms with Gasteiger partial charge in [0.1, 0.15) is 0 Å². The second-order valence-corrected chi connectivity index (χ2v) is 5.73. The quantitative estimate of drug-likeness (QED) is 0.295. The minimum Gasteiger partial charge on any atom is -0.394 e. The van der Waals surface area contributed by atoms with Crippen LogP contribution < -0.4 is 22.3 Å². The summed E-state index contributed by atoms with van der Waals surface area (Å²) in [5.74, 6) is 0. The molecule has 0 amide bonds. The van der Waals surface area contributed by atoms with Gasteiger partial charge in [0.2, 0.25) is 0 Å². The second-order valence-electron chi connectivity index (χ2n) is 5.73. The summed E-state index contributed by atoms with van der Waals surface area (Å²) >= 11 is 0. The Hall–Kier alpha value is -0.280. The lowest BCUT2D eigenvalue weighted by Gasteiger charge is -2.34. The highest BCUT2D eigenvalue weighted by Gasteiger charge is 2.32. The van der Waals surface area contributed by atoms with Crippen LogP contribution in [-0.2, 0) is 9.47 Å². The molecule has 0 aromatic carbocycles. The minimum absolute atomic E-state index is 0.0667. The Morgan fingerprint density at radius 3 is 2.80 bits per heavy atom. The van der Waals surface area contributed by atoms with Crippen molar-refractivity contribution >= 4 is 0 Å². The largest absolute Gasteiger partial charge is 0.394 e. The van der Waals surface area contributed by atoms with Crippen LogP contribution in [0.15, 0.2) is 0 Å². The van der Waals surface area contributed by atoms with E-state index in [4.69, 9.17) is 26.0 Å². The first-order chi connectivity index (χ1) is 9.71. The van der Waals surface area contributed by atoms with Crippen molar-refractivity contribution in [3.8, 4) is 0 Å². The zero-order valence-corrected chi connectivity index (χ0v) is 12.0. The number of nitrogens with two attached hydrogens (primary N) is 2. The maximum atomic E-state index is 9.07. The average molecular weight is 288 g/mol. The van der Waals surface area contributed by atoms with Crippen molar-refractivity contribution in [3.05, 3.63) is 0 Å². The molecule has 1 saturated heterocycles. The molecule has 1 aliphatic heterocycles. The number of hydrogen-bond acceptors (Lipinski definition) is 7. The van der Waals surface area contributed by atoms with Crippen LogP contribution in [0, 0.1) is 0 Å². The summed E-state index contributed by atoms with van der Waals surface area (Å²) in [5, 5.41) is 9.07. The fraction of sp³-hybridized carbons (Fsp3) is 1.00. The lowest BCUT2D eigenvalue weighted by molar-refractivity contribution is -0.175. The summed E-state index contributed by atoms with van der Waals surface area (Å²) < 4.78 is 11.6. The molecule has 0 spiro atoms. The van der Waals surface area contributed by atoms with Crippen molar-refractivity contribution in [2.24, 2.45) is 11.5 Å². The number of aliphatic hydroxyl groups excluding tert-OH is 1. The van der Waals surface area contributed by atoms with Gasteiger partial charge in [0, 0.05) is 31.6 Å². The molecular formula is C13H28N4O3. The van der Waals surface area contributed by atoms with E-state index in [1.807, 2.05) is 0 Å². The first-order valence-corrected chi connectivity index (χ1v) is 7.57. The number of aliphatic hydroxyl groups is 1. The number of hydrazine groups is 1. The van der Waals surface area contributed by atoms with Gasteiger partial charge in [-0.25, -0.2) is 0 Å². The van der Waals surface area contributed by atoms with Gasteiger partial charge in [-0.2, -0.15) is 0 Å². The maximum absolute atomic E-state index is 9.07. The van der Waals surface area contributed by atoms with Gasteiger partial charge in [-0.15, -0.1) is 0 Å². The predicted molar refractivity (Wildman–Crippen MR) is 75.7 cm³/mol.